The van der Waals surface area contributed by atoms with Crippen LogP contribution >= 0.6 is 0 Å². The van der Waals surface area contributed by atoms with Crippen molar-refractivity contribution in [3.8, 4) is 0 Å². The summed E-state index contributed by atoms with van der Waals surface area (Å²) < 4.78 is 4.83. The SMILES string of the molecule is CC(O[C]=O)C(C)(C)C(C)(C)C. The lowest BCUT2D eigenvalue weighted by atomic mass is 9.66. The summed E-state index contributed by atoms with van der Waals surface area (Å²) in [6.07, 6.45) is -0.102. The molecule has 0 saturated heterocycles. The normalized spacial score (nSPS) is 15.5. The molecule has 2 heteroatoms. The van der Waals surface area contributed by atoms with Crippen molar-refractivity contribution in [1.82, 2.24) is 0 Å². The van der Waals surface area contributed by atoms with Crippen molar-refractivity contribution in [2.45, 2.75) is 47.6 Å². The first-order valence-corrected chi connectivity index (χ1v) is 4.26. The van der Waals surface area contributed by atoms with E-state index in [1.165, 1.54) is 6.47 Å². The monoisotopic (exact) mass is 171 g/mol. The third-order valence-electron chi connectivity index (χ3n) is 3.17. The lowest BCUT2D eigenvalue weighted by Gasteiger charge is -2.42. The van der Waals surface area contributed by atoms with Crippen molar-refractivity contribution in [2.75, 3.05) is 0 Å². The molecule has 0 aliphatic carbocycles. The molecule has 1 radical (unpaired) electrons. The quantitative estimate of drug-likeness (QED) is 0.652. The van der Waals surface area contributed by atoms with E-state index >= 15 is 0 Å². The van der Waals surface area contributed by atoms with Crippen molar-refractivity contribution in [2.24, 2.45) is 10.8 Å². The highest BCUT2D eigenvalue weighted by molar-refractivity contribution is 5.38. The molecule has 0 saturated carbocycles. The van der Waals surface area contributed by atoms with Crippen molar-refractivity contribution in [3.63, 3.8) is 0 Å². The Balaban J connectivity index is 4.48. The van der Waals surface area contributed by atoms with Crippen LogP contribution in [0.2, 0.25) is 0 Å². The van der Waals surface area contributed by atoms with Crippen LogP contribution < -0.4 is 0 Å². The average molecular weight is 171 g/mol. The third-order valence-corrected chi connectivity index (χ3v) is 3.17. The van der Waals surface area contributed by atoms with Crippen molar-refractivity contribution in [3.05, 3.63) is 0 Å². The van der Waals surface area contributed by atoms with Gasteiger partial charge < -0.3 is 4.74 Å². The average Bonchev–Trinajstić information content (AvgIpc) is 1.85. The van der Waals surface area contributed by atoms with Gasteiger partial charge in [-0.3, -0.25) is 0 Å². The van der Waals surface area contributed by atoms with Gasteiger partial charge in [0.25, 0.3) is 0 Å². The largest absolute Gasteiger partial charge is 0.454 e. The molecule has 0 amide bonds. The minimum Gasteiger partial charge on any atom is -0.454 e. The highest BCUT2D eigenvalue weighted by atomic mass is 16.5. The van der Waals surface area contributed by atoms with E-state index in [0.717, 1.165) is 0 Å². The van der Waals surface area contributed by atoms with Crippen molar-refractivity contribution in [1.29, 1.82) is 0 Å². The molecule has 0 aromatic heterocycles. The summed E-state index contributed by atoms with van der Waals surface area (Å²) in [4.78, 5) is 10.0. The van der Waals surface area contributed by atoms with Crippen LogP contribution in [0.5, 0.6) is 0 Å². The minimum atomic E-state index is -0.102. The number of rotatable bonds is 3. The summed E-state index contributed by atoms with van der Waals surface area (Å²) >= 11 is 0. The van der Waals surface area contributed by atoms with Gasteiger partial charge in [-0.15, -0.1) is 0 Å². The Morgan fingerprint density at radius 3 is 1.83 bits per heavy atom. The first-order chi connectivity index (χ1) is 5.23. The van der Waals surface area contributed by atoms with Gasteiger partial charge >= 0.3 is 6.47 Å². The molecule has 0 aromatic rings. The third kappa shape index (κ3) is 2.23. The molecule has 0 fully saturated rings. The predicted molar refractivity (Wildman–Crippen MR) is 49.5 cm³/mol. The van der Waals surface area contributed by atoms with Gasteiger partial charge in [0.1, 0.15) is 6.10 Å². The summed E-state index contributed by atoms with van der Waals surface area (Å²) in [5, 5.41) is 0. The van der Waals surface area contributed by atoms with Crippen LogP contribution in [0, 0.1) is 10.8 Å². The number of hydrogen-bond donors (Lipinski definition) is 0. The first kappa shape index (κ1) is 11.5. The smallest absolute Gasteiger partial charge is 0.417 e. The lowest BCUT2D eigenvalue weighted by Crippen LogP contribution is -2.40. The van der Waals surface area contributed by atoms with Gasteiger partial charge in [-0.1, -0.05) is 34.6 Å². The molecule has 12 heavy (non-hydrogen) atoms. The Labute approximate surface area is 75.3 Å². The van der Waals surface area contributed by atoms with E-state index < -0.39 is 0 Å². The van der Waals surface area contributed by atoms with E-state index in [1.807, 2.05) is 6.92 Å². The number of carbonyl (C=O) groups excluding carboxylic acids is 1. The molecule has 0 rings (SSSR count). The Morgan fingerprint density at radius 2 is 1.58 bits per heavy atom. The Bertz CT molecular complexity index is 154. The van der Waals surface area contributed by atoms with E-state index in [2.05, 4.69) is 34.6 Å². The first-order valence-electron chi connectivity index (χ1n) is 4.26. The summed E-state index contributed by atoms with van der Waals surface area (Å²) in [5.41, 5.74) is 0.0771. The Kier molecular flexibility index (Phi) is 3.31. The predicted octanol–water partition coefficient (Wildman–Crippen LogP) is 2.53. The van der Waals surface area contributed by atoms with Crippen LogP contribution in [0.25, 0.3) is 0 Å². The fraction of sp³-hybridized carbons (Fsp3) is 0.900. The molecule has 71 valence electrons. The van der Waals surface area contributed by atoms with Crippen molar-refractivity contribution < 1.29 is 9.53 Å². The molecule has 0 bridgehead atoms. The summed E-state index contributed by atoms with van der Waals surface area (Å²) in [6, 6.07) is 0. The Hall–Kier alpha value is -0.530. The second kappa shape index (κ2) is 3.46. The lowest BCUT2D eigenvalue weighted by molar-refractivity contribution is -0.00822. The van der Waals surface area contributed by atoms with Crippen LogP contribution in [0.1, 0.15) is 41.5 Å². The van der Waals surface area contributed by atoms with Crippen LogP contribution in [0.15, 0.2) is 0 Å². The maximum absolute atomic E-state index is 10.0. The maximum atomic E-state index is 10.0. The van der Waals surface area contributed by atoms with Crippen LogP contribution in [0.3, 0.4) is 0 Å². The highest BCUT2D eigenvalue weighted by Crippen LogP contribution is 2.41. The zero-order chi connectivity index (χ0) is 9.99. The van der Waals surface area contributed by atoms with Gasteiger partial charge in [-0.25, -0.2) is 4.79 Å². The summed E-state index contributed by atoms with van der Waals surface area (Å²) in [6.45, 7) is 14.0. The molecular weight excluding hydrogens is 152 g/mol. The van der Waals surface area contributed by atoms with Crippen LogP contribution in [0.4, 0.5) is 0 Å². The van der Waals surface area contributed by atoms with Crippen molar-refractivity contribution >= 4 is 6.47 Å². The Morgan fingerprint density at radius 1 is 1.17 bits per heavy atom. The molecule has 1 atom stereocenters. The standard InChI is InChI=1S/C10H19O2/c1-8(12-7-11)10(5,6)9(2,3)4/h8H,1-6H3. The maximum Gasteiger partial charge on any atom is 0.417 e. The highest BCUT2D eigenvalue weighted by Gasteiger charge is 2.39. The number of hydrogen-bond acceptors (Lipinski definition) is 2. The fourth-order valence-corrected chi connectivity index (χ4v) is 0.829. The number of ether oxygens (including phenoxy) is 1. The van der Waals surface area contributed by atoms with E-state index in [4.69, 9.17) is 4.74 Å². The zero-order valence-corrected chi connectivity index (χ0v) is 8.89. The van der Waals surface area contributed by atoms with Crippen LogP contribution in [-0.2, 0) is 9.53 Å². The second-order valence-electron chi connectivity index (χ2n) is 4.82. The van der Waals surface area contributed by atoms with Gasteiger partial charge in [0.05, 0.1) is 0 Å². The summed E-state index contributed by atoms with van der Waals surface area (Å²) in [7, 11) is 0. The topological polar surface area (TPSA) is 26.3 Å². The minimum absolute atomic E-state index is 0.0373. The van der Waals surface area contributed by atoms with Gasteiger partial charge in [-0.05, 0) is 12.3 Å². The molecule has 0 aromatic carbocycles. The van der Waals surface area contributed by atoms with Gasteiger partial charge in [0.15, 0.2) is 0 Å². The molecule has 0 aliphatic rings. The van der Waals surface area contributed by atoms with E-state index in [1.54, 1.807) is 0 Å². The van der Waals surface area contributed by atoms with Crippen LogP contribution in [-0.4, -0.2) is 12.6 Å². The molecule has 0 spiro atoms. The van der Waals surface area contributed by atoms with E-state index in [0.29, 0.717) is 0 Å². The molecule has 0 aliphatic heterocycles. The van der Waals surface area contributed by atoms with Gasteiger partial charge in [-0.2, -0.15) is 0 Å². The summed E-state index contributed by atoms with van der Waals surface area (Å²) in [5.74, 6) is 0. The molecule has 2 nitrogen and oxygen atoms in total. The zero-order valence-electron chi connectivity index (χ0n) is 8.89. The van der Waals surface area contributed by atoms with E-state index in [-0.39, 0.29) is 16.9 Å². The fourth-order valence-electron chi connectivity index (χ4n) is 0.829. The molecule has 1 unspecified atom stereocenters. The van der Waals surface area contributed by atoms with E-state index in [9.17, 15) is 4.79 Å². The van der Waals surface area contributed by atoms with Gasteiger partial charge in [0, 0.05) is 5.41 Å². The molecular formula is C10H19O2. The molecule has 0 heterocycles. The second-order valence-corrected chi connectivity index (χ2v) is 4.82. The van der Waals surface area contributed by atoms with Gasteiger partial charge in [0.2, 0.25) is 0 Å². The molecule has 0 N–H and O–H groups in total.